The Morgan fingerprint density at radius 1 is 1.25 bits per heavy atom. The zero-order valence-electron chi connectivity index (χ0n) is 17.0. The normalized spacial score (nSPS) is 20.2. The molecule has 7 nitrogen and oxygen atoms in total. The number of furan rings is 1. The van der Waals surface area contributed by atoms with Crippen LogP contribution in [-0.4, -0.2) is 68.7 Å². The van der Waals surface area contributed by atoms with Crippen LogP contribution < -0.4 is 10.2 Å². The fraction of sp³-hybridized carbons (Fsp3) is 0.714. The van der Waals surface area contributed by atoms with Gasteiger partial charge in [-0.05, 0) is 45.1 Å². The van der Waals surface area contributed by atoms with E-state index in [1.165, 1.54) is 38.6 Å². The molecule has 0 bridgehead atoms. The second-order valence-electron chi connectivity index (χ2n) is 7.94. The van der Waals surface area contributed by atoms with Gasteiger partial charge >= 0.3 is 0 Å². The van der Waals surface area contributed by atoms with Crippen LogP contribution >= 0.6 is 0 Å². The largest absolute Gasteiger partial charge is 0.469 e. The van der Waals surface area contributed by atoms with Gasteiger partial charge in [-0.15, -0.1) is 0 Å². The third-order valence-corrected chi connectivity index (χ3v) is 5.79. The smallest absolute Gasteiger partial charge is 0.257 e. The highest BCUT2D eigenvalue weighted by Crippen LogP contribution is 2.17. The van der Waals surface area contributed by atoms with E-state index in [4.69, 9.17) is 9.15 Å². The number of ether oxygens (including phenoxy) is 1. The first kappa shape index (κ1) is 20.9. The van der Waals surface area contributed by atoms with Crippen molar-refractivity contribution >= 4 is 11.8 Å². The maximum absolute atomic E-state index is 12.9. The van der Waals surface area contributed by atoms with E-state index in [-0.39, 0.29) is 17.9 Å². The van der Waals surface area contributed by atoms with Gasteiger partial charge in [0.15, 0.2) is 0 Å². The molecule has 1 aromatic heterocycles. The highest BCUT2D eigenvalue weighted by atomic mass is 16.5. The van der Waals surface area contributed by atoms with Gasteiger partial charge in [0.05, 0.1) is 44.1 Å². The lowest BCUT2D eigenvalue weighted by molar-refractivity contribution is -0.903. The molecule has 0 aromatic carbocycles. The first-order valence-corrected chi connectivity index (χ1v) is 10.7. The number of nitrogens with one attached hydrogen (secondary N) is 2. The Labute approximate surface area is 167 Å². The number of aryl methyl sites for hydroxylation is 1. The Morgan fingerprint density at radius 3 is 2.75 bits per heavy atom. The van der Waals surface area contributed by atoms with Gasteiger partial charge in [-0.2, -0.15) is 0 Å². The van der Waals surface area contributed by atoms with Gasteiger partial charge < -0.3 is 24.3 Å². The minimum Gasteiger partial charge on any atom is -0.469 e. The summed E-state index contributed by atoms with van der Waals surface area (Å²) in [6.45, 7) is 7.56. The molecular formula is C21H34N3O4+. The highest BCUT2D eigenvalue weighted by Gasteiger charge is 2.25. The number of hydrogen-bond acceptors (Lipinski definition) is 4. The third-order valence-electron chi connectivity index (χ3n) is 5.79. The van der Waals surface area contributed by atoms with Gasteiger partial charge in [0.2, 0.25) is 5.91 Å². The van der Waals surface area contributed by atoms with Crippen LogP contribution in [0.4, 0.5) is 0 Å². The number of quaternary nitrogens is 1. The average Bonchev–Trinajstić information content (AvgIpc) is 3.37. The summed E-state index contributed by atoms with van der Waals surface area (Å²) in [6, 6.07) is 1.70. The summed E-state index contributed by atoms with van der Waals surface area (Å²) < 4.78 is 11.0. The second kappa shape index (κ2) is 10.6. The first-order chi connectivity index (χ1) is 13.6. The van der Waals surface area contributed by atoms with Crippen LogP contribution in [-0.2, 0) is 9.53 Å². The van der Waals surface area contributed by atoms with Gasteiger partial charge in [0.1, 0.15) is 5.76 Å². The summed E-state index contributed by atoms with van der Waals surface area (Å²) in [5, 5.41) is 3.02. The number of amides is 2. The summed E-state index contributed by atoms with van der Waals surface area (Å²) in [5.41, 5.74) is 0.562. The Balaban J connectivity index is 1.46. The van der Waals surface area contributed by atoms with Crippen molar-refractivity contribution in [3.05, 3.63) is 23.7 Å². The van der Waals surface area contributed by atoms with Crippen molar-refractivity contribution < 1.29 is 23.6 Å². The number of piperidine rings is 1. The molecule has 2 N–H and O–H groups in total. The van der Waals surface area contributed by atoms with E-state index in [2.05, 4.69) is 5.32 Å². The lowest BCUT2D eigenvalue weighted by atomic mass is 10.1. The van der Waals surface area contributed by atoms with Crippen molar-refractivity contribution in [1.29, 1.82) is 0 Å². The fourth-order valence-electron chi connectivity index (χ4n) is 4.09. The number of hydrogen-bond donors (Lipinski definition) is 2. The van der Waals surface area contributed by atoms with Gasteiger partial charge in [-0.1, -0.05) is 0 Å². The van der Waals surface area contributed by atoms with E-state index in [9.17, 15) is 9.59 Å². The van der Waals surface area contributed by atoms with Crippen molar-refractivity contribution in [2.75, 3.05) is 45.9 Å². The van der Waals surface area contributed by atoms with E-state index >= 15 is 0 Å². The standard InChI is InChI=1S/C21H33N3O4/c1-17-19(8-15-27-17)21(26)24(16-18-6-5-14-28-18)12-7-20(25)22-9-13-23-10-3-2-4-11-23/h8,15,18H,2-7,9-14,16H2,1H3,(H,22,25)/p+1/t18-/m1/s1. The van der Waals surface area contributed by atoms with Crippen molar-refractivity contribution in [2.24, 2.45) is 0 Å². The maximum atomic E-state index is 12.9. The molecule has 0 aliphatic carbocycles. The molecule has 156 valence electrons. The number of carbonyl (C=O) groups excluding carboxylic acids is 2. The molecule has 2 aliphatic rings. The van der Waals surface area contributed by atoms with Crippen molar-refractivity contribution in [3.63, 3.8) is 0 Å². The molecule has 2 fully saturated rings. The Hall–Kier alpha value is -1.86. The third kappa shape index (κ3) is 6.07. The Kier molecular flexibility index (Phi) is 7.91. The first-order valence-electron chi connectivity index (χ1n) is 10.7. The number of nitrogens with zero attached hydrogens (tertiary/aromatic N) is 1. The molecule has 28 heavy (non-hydrogen) atoms. The van der Waals surface area contributed by atoms with E-state index in [1.807, 2.05) is 0 Å². The van der Waals surface area contributed by atoms with E-state index in [1.54, 1.807) is 22.8 Å². The molecule has 0 saturated carbocycles. The van der Waals surface area contributed by atoms with Crippen molar-refractivity contribution in [2.45, 2.75) is 51.6 Å². The minimum atomic E-state index is -0.0905. The lowest BCUT2D eigenvalue weighted by Crippen LogP contribution is -3.13. The molecule has 3 heterocycles. The van der Waals surface area contributed by atoms with Crippen molar-refractivity contribution in [3.8, 4) is 0 Å². The van der Waals surface area contributed by atoms with Gasteiger partial charge in [0, 0.05) is 26.1 Å². The molecule has 0 radical (unpaired) electrons. The molecule has 1 atom stereocenters. The van der Waals surface area contributed by atoms with Crippen LogP contribution in [0.5, 0.6) is 0 Å². The molecule has 2 amide bonds. The second-order valence-corrected chi connectivity index (χ2v) is 7.94. The summed E-state index contributed by atoms with van der Waals surface area (Å²) in [7, 11) is 0. The predicted molar refractivity (Wildman–Crippen MR) is 105 cm³/mol. The van der Waals surface area contributed by atoms with E-state index in [0.717, 1.165) is 26.0 Å². The molecule has 2 saturated heterocycles. The zero-order chi connectivity index (χ0) is 19.8. The number of rotatable bonds is 9. The Bertz CT molecular complexity index is 633. The van der Waals surface area contributed by atoms with Crippen LogP contribution in [0.3, 0.4) is 0 Å². The number of likely N-dealkylation sites (tertiary alicyclic amines) is 1. The molecule has 7 heteroatoms. The Morgan fingerprint density at radius 2 is 2.07 bits per heavy atom. The monoisotopic (exact) mass is 392 g/mol. The van der Waals surface area contributed by atoms with Crippen molar-refractivity contribution in [1.82, 2.24) is 10.2 Å². The highest BCUT2D eigenvalue weighted by molar-refractivity contribution is 5.95. The van der Waals surface area contributed by atoms with Crippen LogP contribution in [0.25, 0.3) is 0 Å². The zero-order valence-corrected chi connectivity index (χ0v) is 17.0. The predicted octanol–water partition coefficient (Wildman–Crippen LogP) is 0.784. The summed E-state index contributed by atoms with van der Waals surface area (Å²) >= 11 is 0. The number of carbonyl (C=O) groups is 2. The SMILES string of the molecule is Cc1occc1C(=O)N(CCC(=O)NCC[NH+]1CCCCC1)C[C@H]1CCCO1. The quantitative estimate of drug-likeness (QED) is 0.651. The van der Waals surface area contributed by atoms with Gasteiger partial charge in [0.25, 0.3) is 5.91 Å². The molecule has 0 spiro atoms. The maximum Gasteiger partial charge on any atom is 0.257 e. The van der Waals surface area contributed by atoms with Crippen LogP contribution in [0.15, 0.2) is 16.7 Å². The van der Waals surface area contributed by atoms with Crippen LogP contribution in [0.1, 0.15) is 54.6 Å². The van der Waals surface area contributed by atoms with Crippen LogP contribution in [0, 0.1) is 6.92 Å². The van der Waals surface area contributed by atoms with E-state index < -0.39 is 0 Å². The molecule has 2 aliphatic heterocycles. The minimum absolute atomic E-state index is 0.00506. The molecular weight excluding hydrogens is 358 g/mol. The summed E-state index contributed by atoms with van der Waals surface area (Å²) in [6.07, 6.45) is 7.79. The molecule has 1 aromatic rings. The lowest BCUT2D eigenvalue weighted by Gasteiger charge is -2.25. The molecule has 3 rings (SSSR count). The topological polar surface area (TPSA) is 76.2 Å². The van der Waals surface area contributed by atoms with Gasteiger partial charge in [-0.25, -0.2) is 0 Å². The summed E-state index contributed by atoms with van der Waals surface area (Å²) in [4.78, 5) is 28.5. The van der Waals surface area contributed by atoms with Crippen LogP contribution in [0.2, 0.25) is 0 Å². The van der Waals surface area contributed by atoms with Gasteiger partial charge in [-0.3, -0.25) is 9.59 Å². The fourth-order valence-corrected chi connectivity index (χ4v) is 4.09. The molecule has 0 unspecified atom stereocenters. The average molecular weight is 393 g/mol. The van der Waals surface area contributed by atoms with E-state index in [0.29, 0.717) is 37.4 Å². The summed E-state index contributed by atoms with van der Waals surface area (Å²) in [5.74, 6) is 0.522.